The van der Waals surface area contributed by atoms with Crippen LogP contribution in [0.2, 0.25) is 0 Å². The molecule has 0 saturated carbocycles. The first kappa shape index (κ1) is 24.6. The van der Waals surface area contributed by atoms with Gasteiger partial charge in [-0.15, -0.1) is 0 Å². The average Bonchev–Trinajstić information content (AvgIpc) is 3.39. The Hall–Kier alpha value is -5.07. The highest BCUT2D eigenvalue weighted by Crippen LogP contribution is 2.34. The monoisotopic (exact) mass is 520 g/mol. The van der Waals surface area contributed by atoms with E-state index in [1.165, 1.54) is 19.8 Å². The van der Waals surface area contributed by atoms with Gasteiger partial charge in [0.25, 0.3) is 5.91 Å². The second-order valence-electron chi connectivity index (χ2n) is 8.11. The van der Waals surface area contributed by atoms with Crippen molar-refractivity contribution in [2.75, 3.05) is 17.7 Å². The second kappa shape index (κ2) is 9.76. The molecular weight excluding hydrogens is 501 g/mol. The number of imidazole rings is 1. The fraction of sp³-hybridized carbons (Fsp3) is 0.120. The van der Waals surface area contributed by atoms with Crippen LogP contribution in [0.3, 0.4) is 0 Å². The zero-order chi connectivity index (χ0) is 26.9. The van der Waals surface area contributed by atoms with Crippen LogP contribution in [0.1, 0.15) is 21.6 Å². The predicted molar refractivity (Wildman–Crippen MR) is 133 cm³/mol. The molecule has 0 aliphatic carbocycles. The van der Waals surface area contributed by atoms with Crippen LogP contribution in [0.15, 0.2) is 61.3 Å². The van der Waals surface area contributed by atoms with E-state index in [1.807, 2.05) is 6.92 Å². The predicted octanol–water partition coefficient (Wildman–Crippen LogP) is 5.14. The summed E-state index contributed by atoms with van der Waals surface area (Å²) < 4.78 is 44.4. The number of alkyl halides is 3. The van der Waals surface area contributed by atoms with Crippen LogP contribution in [0.5, 0.6) is 5.88 Å². The van der Waals surface area contributed by atoms with E-state index in [4.69, 9.17) is 4.74 Å². The van der Waals surface area contributed by atoms with Crippen LogP contribution < -0.4 is 15.4 Å². The third kappa shape index (κ3) is 4.93. The Bertz CT molecular complexity index is 1650. The Kier molecular flexibility index (Phi) is 6.33. The lowest BCUT2D eigenvalue weighted by Crippen LogP contribution is -2.16. The first-order chi connectivity index (χ1) is 18.2. The number of aryl methyl sites for hydroxylation is 1. The van der Waals surface area contributed by atoms with E-state index in [9.17, 15) is 18.0 Å². The number of aromatic nitrogens is 6. The molecule has 192 valence electrons. The van der Waals surface area contributed by atoms with Gasteiger partial charge in [-0.1, -0.05) is 6.07 Å². The lowest BCUT2D eigenvalue weighted by molar-refractivity contribution is -0.137. The number of amides is 1. The molecule has 0 atom stereocenters. The number of aromatic amines is 1. The lowest BCUT2D eigenvalue weighted by Gasteiger charge is -2.15. The van der Waals surface area contributed by atoms with Gasteiger partial charge in [0.15, 0.2) is 5.65 Å². The van der Waals surface area contributed by atoms with Crippen molar-refractivity contribution in [1.29, 1.82) is 0 Å². The van der Waals surface area contributed by atoms with Crippen molar-refractivity contribution >= 4 is 34.3 Å². The van der Waals surface area contributed by atoms with E-state index in [0.29, 0.717) is 51.6 Å². The summed E-state index contributed by atoms with van der Waals surface area (Å²) in [6.45, 7) is 1.85. The summed E-state index contributed by atoms with van der Waals surface area (Å²) in [5.41, 5.74) is 2.66. The molecule has 0 radical (unpaired) electrons. The number of nitrogens with zero attached hydrogens (tertiary/aromatic N) is 5. The van der Waals surface area contributed by atoms with Gasteiger partial charge in [0.1, 0.15) is 29.0 Å². The summed E-state index contributed by atoms with van der Waals surface area (Å²) in [4.78, 5) is 36.8. The molecule has 0 bridgehead atoms. The van der Waals surface area contributed by atoms with Gasteiger partial charge >= 0.3 is 6.18 Å². The molecule has 5 aromatic rings. The maximum atomic E-state index is 13.0. The molecule has 1 aromatic carbocycles. The molecule has 10 nitrogen and oxygen atoms in total. The lowest BCUT2D eigenvalue weighted by atomic mass is 10.1. The van der Waals surface area contributed by atoms with Crippen LogP contribution in [-0.2, 0) is 6.18 Å². The van der Waals surface area contributed by atoms with Crippen molar-refractivity contribution < 1.29 is 22.7 Å². The average molecular weight is 520 g/mol. The summed E-state index contributed by atoms with van der Waals surface area (Å²) in [5, 5.41) is 5.84. The zero-order valence-electron chi connectivity index (χ0n) is 20.0. The highest BCUT2D eigenvalue weighted by Gasteiger charge is 2.31. The number of carbonyl (C=O) groups excluding carboxylic acids is 1. The molecule has 0 aliphatic heterocycles. The van der Waals surface area contributed by atoms with Crippen molar-refractivity contribution in [2.45, 2.75) is 13.1 Å². The number of methoxy groups -OCH3 is 1. The maximum Gasteiger partial charge on any atom is 0.416 e. The van der Waals surface area contributed by atoms with E-state index in [0.717, 1.165) is 17.8 Å². The Morgan fingerprint density at radius 1 is 1.03 bits per heavy atom. The number of fused-ring (bicyclic) bond motifs is 1. The topological polar surface area (TPSA) is 131 Å². The summed E-state index contributed by atoms with van der Waals surface area (Å²) >= 11 is 0. The number of nitrogens with one attached hydrogen (secondary N) is 3. The number of halogens is 3. The standard InChI is InChI=1S/C25H19F3N8O2/c1-13-3-4-15(34-24(37)18-9-14(7-8-29-18)25(26,27)28)10-17(13)35-22-16(5-6-19(36-22)38-2)20-21-23(32-11-30-20)33-12-31-21/h3-12H,1-2H3,(H,34,37)(H,35,36)(H,30,31,32,33). The minimum absolute atomic E-state index is 0.337. The number of H-pyrrole nitrogens is 1. The number of ether oxygens (including phenoxy) is 1. The zero-order valence-corrected chi connectivity index (χ0v) is 20.0. The molecule has 38 heavy (non-hydrogen) atoms. The van der Waals surface area contributed by atoms with Gasteiger partial charge in [-0.05, 0) is 42.8 Å². The summed E-state index contributed by atoms with van der Waals surface area (Å²) in [7, 11) is 1.49. The Labute approximate surface area is 213 Å². The smallest absolute Gasteiger partial charge is 0.416 e. The summed E-state index contributed by atoms with van der Waals surface area (Å²) in [6, 6.07) is 9.98. The van der Waals surface area contributed by atoms with Crippen LogP contribution in [-0.4, -0.2) is 42.9 Å². The molecule has 1 amide bonds. The van der Waals surface area contributed by atoms with Crippen molar-refractivity contribution in [1.82, 2.24) is 29.9 Å². The number of hydrogen-bond acceptors (Lipinski definition) is 8. The number of carbonyl (C=O) groups is 1. The van der Waals surface area contributed by atoms with Gasteiger partial charge in [-0.25, -0.2) is 15.0 Å². The van der Waals surface area contributed by atoms with Crippen molar-refractivity contribution in [3.63, 3.8) is 0 Å². The number of hydrogen-bond donors (Lipinski definition) is 3. The van der Waals surface area contributed by atoms with Gasteiger partial charge in [-0.2, -0.15) is 18.2 Å². The van der Waals surface area contributed by atoms with E-state index < -0.39 is 17.6 Å². The molecule has 0 aliphatic rings. The summed E-state index contributed by atoms with van der Waals surface area (Å²) in [6.07, 6.45) is -0.722. The minimum atomic E-state index is -4.59. The van der Waals surface area contributed by atoms with E-state index >= 15 is 0 Å². The third-order valence-electron chi connectivity index (χ3n) is 5.62. The second-order valence-corrected chi connectivity index (χ2v) is 8.11. The van der Waals surface area contributed by atoms with Gasteiger partial charge < -0.3 is 20.4 Å². The van der Waals surface area contributed by atoms with E-state index in [-0.39, 0.29) is 5.69 Å². The summed E-state index contributed by atoms with van der Waals surface area (Å²) in [5.74, 6) is -0.0345. The molecule has 3 N–H and O–H groups in total. The Morgan fingerprint density at radius 3 is 2.66 bits per heavy atom. The Balaban J connectivity index is 1.47. The number of anilines is 3. The molecule has 4 heterocycles. The fourth-order valence-electron chi connectivity index (χ4n) is 3.69. The maximum absolute atomic E-state index is 13.0. The molecule has 0 unspecified atom stereocenters. The van der Waals surface area contributed by atoms with Gasteiger partial charge in [0.2, 0.25) is 5.88 Å². The molecule has 0 fully saturated rings. The normalized spacial score (nSPS) is 11.4. The molecular formula is C25H19F3N8O2. The highest BCUT2D eigenvalue weighted by molar-refractivity contribution is 6.03. The van der Waals surface area contributed by atoms with E-state index in [2.05, 4.69) is 40.5 Å². The highest BCUT2D eigenvalue weighted by atomic mass is 19.4. The first-order valence-corrected chi connectivity index (χ1v) is 11.1. The van der Waals surface area contributed by atoms with Crippen LogP contribution in [0.25, 0.3) is 22.4 Å². The quantitative estimate of drug-likeness (QED) is 0.281. The molecule has 0 spiro atoms. The minimum Gasteiger partial charge on any atom is -0.481 e. The third-order valence-corrected chi connectivity index (χ3v) is 5.62. The van der Waals surface area contributed by atoms with Crippen LogP contribution in [0, 0.1) is 6.92 Å². The number of benzene rings is 1. The SMILES string of the molecule is COc1ccc(-c2ncnc3[nH]cnc23)c(Nc2cc(NC(=O)c3cc(C(F)(F)F)ccn3)ccc2C)n1. The molecule has 4 aromatic heterocycles. The molecule has 5 rings (SSSR count). The van der Waals surface area contributed by atoms with Gasteiger partial charge in [-0.3, -0.25) is 9.78 Å². The fourth-order valence-corrected chi connectivity index (χ4v) is 3.69. The van der Waals surface area contributed by atoms with Crippen molar-refractivity contribution in [2.24, 2.45) is 0 Å². The number of rotatable bonds is 6. The van der Waals surface area contributed by atoms with Crippen LogP contribution >= 0.6 is 0 Å². The molecule has 13 heteroatoms. The largest absolute Gasteiger partial charge is 0.481 e. The van der Waals surface area contributed by atoms with Crippen molar-refractivity contribution in [3.8, 4) is 17.1 Å². The van der Waals surface area contributed by atoms with Crippen LogP contribution in [0.4, 0.5) is 30.4 Å². The van der Waals surface area contributed by atoms with Gasteiger partial charge in [0, 0.05) is 29.2 Å². The molecule has 0 saturated heterocycles. The van der Waals surface area contributed by atoms with E-state index in [1.54, 1.807) is 30.3 Å². The van der Waals surface area contributed by atoms with Crippen molar-refractivity contribution in [3.05, 3.63) is 78.1 Å². The number of pyridine rings is 2. The Morgan fingerprint density at radius 2 is 1.87 bits per heavy atom. The van der Waals surface area contributed by atoms with Gasteiger partial charge in [0.05, 0.1) is 19.0 Å². The first-order valence-electron chi connectivity index (χ1n) is 11.1.